The van der Waals surface area contributed by atoms with Crippen LogP contribution in [0, 0.1) is 5.92 Å². The van der Waals surface area contributed by atoms with Crippen LogP contribution in [0.3, 0.4) is 0 Å². The van der Waals surface area contributed by atoms with Crippen molar-refractivity contribution < 1.29 is 14.7 Å². The molecular formula is C13H20N4O3S. The molecule has 2 amide bonds. The van der Waals surface area contributed by atoms with Crippen molar-refractivity contribution in [2.24, 2.45) is 5.92 Å². The van der Waals surface area contributed by atoms with E-state index in [4.69, 9.17) is 0 Å². The number of nitrogens with zero attached hydrogens (tertiary/aromatic N) is 3. The van der Waals surface area contributed by atoms with Gasteiger partial charge in [-0.1, -0.05) is 13.8 Å². The van der Waals surface area contributed by atoms with E-state index in [0.29, 0.717) is 18.8 Å². The minimum atomic E-state index is -0.951. The second kappa shape index (κ2) is 6.84. The summed E-state index contributed by atoms with van der Waals surface area (Å²) in [5.41, 5.74) is 0. The lowest BCUT2D eigenvalue weighted by Gasteiger charge is -2.29. The largest absolute Gasteiger partial charge is 0.480 e. The van der Waals surface area contributed by atoms with Gasteiger partial charge in [-0.3, -0.25) is 9.58 Å². The van der Waals surface area contributed by atoms with Gasteiger partial charge in [0.25, 0.3) is 0 Å². The highest BCUT2D eigenvalue weighted by Crippen LogP contribution is 2.33. The summed E-state index contributed by atoms with van der Waals surface area (Å²) in [6, 6.07) is 0.735. The van der Waals surface area contributed by atoms with Gasteiger partial charge in [0.1, 0.15) is 6.04 Å². The Morgan fingerprint density at radius 1 is 1.52 bits per heavy atom. The third-order valence-electron chi connectivity index (χ3n) is 3.30. The second-order valence-electron chi connectivity index (χ2n) is 5.23. The van der Waals surface area contributed by atoms with E-state index in [2.05, 4.69) is 10.4 Å². The Hall–Kier alpha value is -1.70. The number of nitrogens with one attached hydrogen (secondary N) is 1. The number of hydrogen-bond acceptors (Lipinski definition) is 4. The molecule has 1 saturated heterocycles. The van der Waals surface area contributed by atoms with Crippen LogP contribution in [0.2, 0.25) is 0 Å². The average Bonchev–Trinajstić information content (AvgIpc) is 3.07. The highest BCUT2D eigenvalue weighted by atomic mass is 32.2. The monoisotopic (exact) mass is 312 g/mol. The number of carbonyl (C=O) groups is 2. The van der Waals surface area contributed by atoms with Crippen LogP contribution in [0.25, 0.3) is 0 Å². The predicted octanol–water partition coefficient (Wildman–Crippen LogP) is 1.08. The smallest absolute Gasteiger partial charge is 0.327 e. The van der Waals surface area contributed by atoms with E-state index in [1.807, 2.05) is 26.1 Å². The maximum Gasteiger partial charge on any atom is 0.327 e. The van der Waals surface area contributed by atoms with Gasteiger partial charge in [0.05, 0.1) is 11.9 Å². The van der Waals surface area contributed by atoms with Crippen molar-refractivity contribution in [3.63, 3.8) is 0 Å². The summed E-state index contributed by atoms with van der Waals surface area (Å²) in [4.78, 5) is 25.1. The van der Waals surface area contributed by atoms with Gasteiger partial charge in [0.2, 0.25) is 0 Å². The van der Waals surface area contributed by atoms with Gasteiger partial charge in [-0.05, 0) is 12.0 Å². The van der Waals surface area contributed by atoms with E-state index >= 15 is 0 Å². The van der Waals surface area contributed by atoms with E-state index in [9.17, 15) is 14.7 Å². The molecule has 1 aromatic heterocycles. The zero-order chi connectivity index (χ0) is 15.4. The Kier molecular flexibility index (Phi) is 5.11. The van der Waals surface area contributed by atoms with Crippen LogP contribution in [0.1, 0.15) is 13.8 Å². The van der Waals surface area contributed by atoms with Crippen LogP contribution in [-0.4, -0.2) is 55.5 Å². The van der Waals surface area contributed by atoms with Gasteiger partial charge < -0.3 is 10.4 Å². The molecule has 2 heterocycles. The van der Waals surface area contributed by atoms with Crippen molar-refractivity contribution >= 4 is 23.8 Å². The summed E-state index contributed by atoms with van der Waals surface area (Å²) >= 11 is 1.52. The summed E-state index contributed by atoms with van der Waals surface area (Å²) in [5.74, 6) is -0.311. The van der Waals surface area contributed by atoms with Crippen LogP contribution in [0.5, 0.6) is 0 Å². The Bertz CT molecular complexity index is 492. The first kappa shape index (κ1) is 15.7. The molecule has 1 aromatic rings. The second-order valence-corrected chi connectivity index (χ2v) is 6.38. The summed E-state index contributed by atoms with van der Waals surface area (Å²) < 4.78 is 1.72. The third kappa shape index (κ3) is 3.69. The van der Waals surface area contributed by atoms with E-state index in [1.165, 1.54) is 16.7 Å². The molecule has 1 aliphatic rings. The van der Waals surface area contributed by atoms with Gasteiger partial charge in [0.15, 0.2) is 0 Å². The molecule has 2 atom stereocenters. The number of carboxylic acids is 1. The van der Waals surface area contributed by atoms with Crippen molar-refractivity contribution in [2.45, 2.75) is 31.8 Å². The van der Waals surface area contributed by atoms with Crippen molar-refractivity contribution in [3.8, 4) is 0 Å². The molecule has 2 unspecified atom stereocenters. The maximum absolute atomic E-state index is 12.3. The Balaban J connectivity index is 1.94. The highest BCUT2D eigenvalue weighted by molar-refractivity contribution is 8.00. The summed E-state index contributed by atoms with van der Waals surface area (Å²) in [6.45, 7) is 4.96. The summed E-state index contributed by atoms with van der Waals surface area (Å²) in [5, 5.41) is 16.0. The topological polar surface area (TPSA) is 87.5 Å². The Morgan fingerprint density at radius 3 is 2.86 bits per heavy atom. The van der Waals surface area contributed by atoms with Crippen molar-refractivity contribution in [2.75, 3.05) is 12.3 Å². The van der Waals surface area contributed by atoms with E-state index < -0.39 is 12.0 Å². The number of carbonyl (C=O) groups excluding carboxylic acids is 1. The lowest BCUT2D eigenvalue weighted by molar-refractivity contribution is -0.141. The average molecular weight is 312 g/mol. The molecule has 7 nitrogen and oxygen atoms in total. The fourth-order valence-corrected chi connectivity index (χ4v) is 3.76. The van der Waals surface area contributed by atoms with Crippen molar-refractivity contribution in [3.05, 3.63) is 18.5 Å². The number of urea groups is 1. The lowest BCUT2D eigenvalue weighted by Crippen LogP contribution is -2.51. The normalized spacial score (nSPS) is 21.8. The molecule has 0 saturated carbocycles. The summed E-state index contributed by atoms with van der Waals surface area (Å²) in [7, 11) is 0. The van der Waals surface area contributed by atoms with E-state index in [1.54, 1.807) is 10.9 Å². The quantitative estimate of drug-likeness (QED) is 0.849. The molecule has 2 N–H and O–H groups in total. The zero-order valence-corrected chi connectivity index (χ0v) is 12.9. The van der Waals surface area contributed by atoms with Crippen LogP contribution in [0.15, 0.2) is 18.5 Å². The number of carboxylic acid groups (broad SMARTS) is 1. The van der Waals surface area contributed by atoms with Gasteiger partial charge in [-0.25, -0.2) is 9.59 Å². The van der Waals surface area contributed by atoms with Crippen LogP contribution >= 0.6 is 11.8 Å². The third-order valence-corrected chi connectivity index (χ3v) is 4.92. The predicted molar refractivity (Wildman–Crippen MR) is 80.0 cm³/mol. The SMILES string of the molecule is CC(C)C1SCC(C(=O)O)N1C(=O)NCCn1cccn1. The van der Waals surface area contributed by atoms with E-state index in [-0.39, 0.29) is 17.3 Å². The van der Waals surface area contributed by atoms with Crippen LogP contribution in [0.4, 0.5) is 4.79 Å². The number of thioether (sulfide) groups is 1. The molecule has 0 radical (unpaired) electrons. The molecule has 0 spiro atoms. The van der Waals surface area contributed by atoms with Gasteiger partial charge >= 0.3 is 12.0 Å². The molecular weight excluding hydrogens is 292 g/mol. The first-order valence-electron chi connectivity index (χ1n) is 6.88. The Morgan fingerprint density at radius 2 is 2.29 bits per heavy atom. The van der Waals surface area contributed by atoms with Crippen LogP contribution in [-0.2, 0) is 11.3 Å². The van der Waals surface area contributed by atoms with Gasteiger partial charge in [-0.2, -0.15) is 5.10 Å². The highest BCUT2D eigenvalue weighted by Gasteiger charge is 2.42. The molecule has 0 aliphatic carbocycles. The van der Waals surface area contributed by atoms with Crippen LogP contribution < -0.4 is 5.32 Å². The molecule has 0 aromatic carbocycles. The molecule has 0 bridgehead atoms. The molecule has 8 heteroatoms. The number of aliphatic carboxylic acids is 1. The number of aromatic nitrogens is 2. The van der Waals surface area contributed by atoms with Gasteiger partial charge in [-0.15, -0.1) is 11.8 Å². The maximum atomic E-state index is 12.3. The molecule has 116 valence electrons. The van der Waals surface area contributed by atoms with Crippen molar-refractivity contribution in [1.82, 2.24) is 20.0 Å². The fourth-order valence-electron chi connectivity index (χ4n) is 2.29. The van der Waals surface area contributed by atoms with E-state index in [0.717, 1.165) is 0 Å². The molecule has 1 aliphatic heterocycles. The first-order valence-corrected chi connectivity index (χ1v) is 7.93. The lowest BCUT2D eigenvalue weighted by atomic mass is 10.2. The number of rotatable bonds is 5. The minimum absolute atomic E-state index is 0.101. The number of amides is 2. The number of hydrogen-bond donors (Lipinski definition) is 2. The van der Waals surface area contributed by atoms with Crippen molar-refractivity contribution in [1.29, 1.82) is 0 Å². The zero-order valence-electron chi connectivity index (χ0n) is 12.1. The van der Waals surface area contributed by atoms with Gasteiger partial charge in [0, 0.05) is 24.7 Å². The molecule has 21 heavy (non-hydrogen) atoms. The standard InChI is InChI=1S/C13H20N4O3S/c1-9(2)11-17(10(8-21-11)12(18)19)13(20)14-5-7-16-6-3-4-15-16/h3-4,6,9-11H,5,7-8H2,1-2H3,(H,14,20)(H,18,19). The fraction of sp³-hybridized carbons (Fsp3) is 0.615. The first-order chi connectivity index (χ1) is 10.0. The molecule has 2 rings (SSSR count). The minimum Gasteiger partial charge on any atom is -0.480 e. The molecule has 1 fully saturated rings. The summed E-state index contributed by atoms with van der Waals surface area (Å²) in [6.07, 6.45) is 3.49. The Labute approximate surface area is 127 Å².